The third-order valence-electron chi connectivity index (χ3n) is 4.44. The highest BCUT2D eigenvalue weighted by Gasteiger charge is 2.35. The van der Waals surface area contributed by atoms with Gasteiger partial charge in [0.1, 0.15) is 12.4 Å². The monoisotopic (exact) mass is 428 g/mol. The van der Waals surface area contributed by atoms with Crippen molar-refractivity contribution in [3.8, 4) is 5.75 Å². The molecule has 1 saturated heterocycles. The molecule has 1 aromatic heterocycles. The first-order valence-corrected chi connectivity index (χ1v) is 10.1. The second-order valence-electron chi connectivity index (χ2n) is 6.47. The van der Waals surface area contributed by atoms with Gasteiger partial charge in [0.15, 0.2) is 5.01 Å². The molecule has 0 aliphatic carbocycles. The summed E-state index contributed by atoms with van der Waals surface area (Å²) in [5.41, 5.74) is 0.728. The number of nitrogens with zero attached hydrogens (tertiary/aromatic N) is 3. The second kappa shape index (κ2) is 8.59. The van der Waals surface area contributed by atoms with Crippen molar-refractivity contribution in [1.29, 1.82) is 0 Å². The van der Waals surface area contributed by atoms with Crippen LogP contribution in [0.1, 0.15) is 11.4 Å². The second-order valence-corrected chi connectivity index (χ2v) is 7.97. The van der Waals surface area contributed by atoms with E-state index in [0.29, 0.717) is 21.7 Å². The Morgan fingerprint density at radius 3 is 2.69 bits per heavy atom. The van der Waals surface area contributed by atoms with Gasteiger partial charge in [-0.1, -0.05) is 41.1 Å². The van der Waals surface area contributed by atoms with Gasteiger partial charge in [-0.2, -0.15) is 0 Å². The largest absolute Gasteiger partial charge is 0.486 e. The Kier molecular flexibility index (Phi) is 5.73. The summed E-state index contributed by atoms with van der Waals surface area (Å²) in [6, 6.07) is 16.4. The Hall–Kier alpha value is -2.97. The van der Waals surface area contributed by atoms with E-state index < -0.39 is 5.92 Å². The van der Waals surface area contributed by atoms with Crippen molar-refractivity contribution in [2.75, 3.05) is 16.8 Å². The van der Waals surface area contributed by atoms with Gasteiger partial charge < -0.3 is 15.0 Å². The molecule has 1 unspecified atom stereocenters. The highest BCUT2D eigenvalue weighted by atomic mass is 35.5. The van der Waals surface area contributed by atoms with Crippen molar-refractivity contribution in [3.63, 3.8) is 0 Å². The lowest BCUT2D eigenvalue weighted by Crippen LogP contribution is -2.28. The predicted octanol–water partition coefficient (Wildman–Crippen LogP) is 3.76. The minimum Gasteiger partial charge on any atom is -0.486 e. The summed E-state index contributed by atoms with van der Waals surface area (Å²) in [5.74, 6) is -0.0608. The van der Waals surface area contributed by atoms with Crippen molar-refractivity contribution in [3.05, 3.63) is 64.6 Å². The molecule has 0 spiro atoms. The number of hydrogen-bond acceptors (Lipinski definition) is 6. The third-order valence-corrected chi connectivity index (χ3v) is 5.50. The molecular weight excluding hydrogens is 412 g/mol. The number of carbonyl (C=O) groups is 2. The molecule has 0 bridgehead atoms. The SMILES string of the molecule is O=C(Nc1nnc(COc2ccccc2)s1)C1CC(=O)N(c2ccc(Cl)cc2)C1. The number of anilines is 2. The molecule has 1 N–H and O–H groups in total. The molecule has 148 valence electrons. The first-order chi connectivity index (χ1) is 14.1. The lowest BCUT2D eigenvalue weighted by Gasteiger charge is -2.16. The Morgan fingerprint density at radius 1 is 1.17 bits per heavy atom. The fraction of sp³-hybridized carbons (Fsp3) is 0.200. The number of para-hydroxylation sites is 1. The van der Waals surface area contributed by atoms with E-state index in [1.165, 1.54) is 11.3 Å². The van der Waals surface area contributed by atoms with Crippen LogP contribution in [-0.2, 0) is 16.2 Å². The lowest BCUT2D eigenvalue weighted by molar-refractivity contribution is -0.122. The molecule has 2 heterocycles. The molecule has 1 atom stereocenters. The number of benzene rings is 2. The van der Waals surface area contributed by atoms with Crippen molar-refractivity contribution < 1.29 is 14.3 Å². The molecule has 0 saturated carbocycles. The van der Waals surface area contributed by atoms with E-state index in [1.807, 2.05) is 30.3 Å². The van der Waals surface area contributed by atoms with Crippen LogP contribution in [0.2, 0.25) is 5.02 Å². The summed E-state index contributed by atoms with van der Waals surface area (Å²) in [7, 11) is 0. The number of ether oxygens (including phenoxy) is 1. The first-order valence-electron chi connectivity index (χ1n) is 8.95. The number of amides is 2. The average molecular weight is 429 g/mol. The van der Waals surface area contributed by atoms with Crippen LogP contribution in [0.3, 0.4) is 0 Å². The zero-order valence-electron chi connectivity index (χ0n) is 15.2. The van der Waals surface area contributed by atoms with Gasteiger partial charge in [0.05, 0.1) is 5.92 Å². The fourth-order valence-electron chi connectivity index (χ4n) is 2.99. The van der Waals surface area contributed by atoms with Gasteiger partial charge in [-0.05, 0) is 36.4 Å². The Balaban J connectivity index is 1.33. The van der Waals surface area contributed by atoms with Crippen LogP contribution >= 0.6 is 22.9 Å². The van der Waals surface area contributed by atoms with Crippen LogP contribution in [0.25, 0.3) is 0 Å². The van der Waals surface area contributed by atoms with Crippen molar-refractivity contribution in [1.82, 2.24) is 10.2 Å². The quantitative estimate of drug-likeness (QED) is 0.646. The fourth-order valence-corrected chi connectivity index (χ4v) is 3.77. The van der Waals surface area contributed by atoms with E-state index in [4.69, 9.17) is 16.3 Å². The van der Waals surface area contributed by atoms with Gasteiger partial charge in [-0.25, -0.2) is 0 Å². The molecule has 3 aromatic rings. The van der Waals surface area contributed by atoms with Gasteiger partial charge >= 0.3 is 0 Å². The molecule has 1 fully saturated rings. The van der Waals surface area contributed by atoms with E-state index in [9.17, 15) is 9.59 Å². The summed E-state index contributed by atoms with van der Waals surface area (Å²) >= 11 is 7.14. The van der Waals surface area contributed by atoms with E-state index >= 15 is 0 Å². The van der Waals surface area contributed by atoms with Gasteiger partial charge in [0.2, 0.25) is 16.9 Å². The minimum atomic E-state index is -0.453. The summed E-state index contributed by atoms with van der Waals surface area (Å²) in [4.78, 5) is 26.5. The molecule has 0 radical (unpaired) electrons. The number of carbonyl (C=O) groups excluding carboxylic acids is 2. The summed E-state index contributed by atoms with van der Waals surface area (Å²) < 4.78 is 5.63. The number of halogens is 1. The van der Waals surface area contributed by atoms with Crippen molar-refractivity contribution in [2.45, 2.75) is 13.0 Å². The molecule has 4 rings (SSSR count). The molecule has 1 aliphatic rings. The maximum absolute atomic E-state index is 12.6. The number of hydrogen-bond donors (Lipinski definition) is 1. The van der Waals surface area contributed by atoms with Crippen LogP contribution in [0, 0.1) is 5.92 Å². The summed E-state index contributed by atoms with van der Waals surface area (Å²) in [5, 5.41) is 12.4. The Bertz CT molecular complexity index is 1010. The standard InChI is InChI=1S/C20H17ClN4O3S/c21-14-6-8-15(9-7-14)25-11-13(10-18(25)26)19(27)22-20-24-23-17(29-20)12-28-16-4-2-1-3-5-16/h1-9,13H,10-12H2,(H,22,24,27). The Morgan fingerprint density at radius 2 is 1.93 bits per heavy atom. The number of rotatable bonds is 6. The summed E-state index contributed by atoms with van der Waals surface area (Å²) in [6.45, 7) is 0.582. The summed E-state index contributed by atoms with van der Waals surface area (Å²) in [6.07, 6.45) is 0.150. The zero-order chi connectivity index (χ0) is 20.2. The molecule has 29 heavy (non-hydrogen) atoms. The highest BCUT2D eigenvalue weighted by Crippen LogP contribution is 2.27. The molecule has 2 aromatic carbocycles. The zero-order valence-corrected chi connectivity index (χ0v) is 16.8. The topological polar surface area (TPSA) is 84.4 Å². The van der Waals surface area contributed by atoms with E-state index in [1.54, 1.807) is 29.2 Å². The molecule has 7 nitrogen and oxygen atoms in total. The molecule has 9 heteroatoms. The van der Waals surface area contributed by atoms with E-state index in [2.05, 4.69) is 15.5 Å². The van der Waals surface area contributed by atoms with Crippen molar-refractivity contribution >= 4 is 45.6 Å². The third kappa shape index (κ3) is 4.72. The number of aromatic nitrogens is 2. The maximum Gasteiger partial charge on any atom is 0.231 e. The first kappa shape index (κ1) is 19.4. The normalized spacial score (nSPS) is 16.1. The maximum atomic E-state index is 12.6. The molecular formula is C20H17ClN4O3S. The van der Waals surface area contributed by atoms with E-state index in [-0.39, 0.29) is 24.8 Å². The molecule has 2 amide bonds. The van der Waals surface area contributed by atoms with Gasteiger partial charge in [0, 0.05) is 23.7 Å². The van der Waals surface area contributed by atoms with E-state index in [0.717, 1.165) is 11.4 Å². The predicted molar refractivity (Wildman–Crippen MR) is 111 cm³/mol. The Labute approximate surface area is 176 Å². The highest BCUT2D eigenvalue weighted by molar-refractivity contribution is 7.15. The van der Waals surface area contributed by atoms with Crippen LogP contribution in [0.15, 0.2) is 54.6 Å². The average Bonchev–Trinajstić information content (AvgIpc) is 3.34. The molecule has 1 aliphatic heterocycles. The van der Waals surface area contributed by atoms with Crippen LogP contribution in [-0.4, -0.2) is 28.6 Å². The minimum absolute atomic E-state index is 0.0957. The van der Waals surface area contributed by atoms with Crippen LogP contribution in [0.5, 0.6) is 5.75 Å². The van der Waals surface area contributed by atoms with Gasteiger partial charge in [0.25, 0.3) is 0 Å². The smallest absolute Gasteiger partial charge is 0.231 e. The number of nitrogens with one attached hydrogen (secondary N) is 1. The van der Waals surface area contributed by atoms with Gasteiger partial charge in [-0.15, -0.1) is 10.2 Å². The van der Waals surface area contributed by atoms with Crippen LogP contribution < -0.4 is 15.0 Å². The lowest BCUT2D eigenvalue weighted by atomic mass is 10.1. The van der Waals surface area contributed by atoms with Crippen molar-refractivity contribution in [2.24, 2.45) is 5.92 Å². The van der Waals surface area contributed by atoms with Gasteiger partial charge in [-0.3, -0.25) is 9.59 Å². The van der Waals surface area contributed by atoms with Crippen LogP contribution in [0.4, 0.5) is 10.8 Å².